The van der Waals surface area contributed by atoms with Gasteiger partial charge in [0.2, 0.25) is 6.79 Å². The first-order valence-electron chi connectivity index (χ1n) is 11.0. The molecule has 28 heavy (non-hydrogen) atoms. The van der Waals surface area contributed by atoms with Crippen LogP contribution in [-0.4, -0.2) is 48.8 Å². The van der Waals surface area contributed by atoms with Crippen LogP contribution in [0.3, 0.4) is 0 Å². The van der Waals surface area contributed by atoms with Crippen molar-refractivity contribution in [2.75, 3.05) is 33.0 Å². The monoisotopic (exact) mass is 387 g/mol. The molecule has 3 aliphatic rings. The third-order valence-corrected chi connectivity index (χ3v) is 6.97. The summed E-state index contributed by atoms with van der Waals surface area (Å²) in [6.07, 6.45) is 9.03. The molecule has 2 aliphatic heterocycles. The highest BCUT2D eigenvalue weighted by Crippen LogP contribution is 2.42. The maximum absolute atomic E-state index is 11.4. The van der Waals surface area contributed by atoms with E-state index in [2.05, 4.69) is 17.0 Å². The van der Waals surface area contributed by atoms with Crippen molar-refractivity contribution in [1.29, 1.82) is 0 Å². The maximum Gasteiger partial charge on any atom is 0.231 e. The van der Waals surface area contributed by atoms with E-state index in [1.807, 2.05) is 6.07 Å². The molecule has 1 aromatic carbocycles. The standard InChI is InChI=1S/C23H33NO4/c25-15-20(26)14-18-6-4-17(5-7-18)8-11-24-12-9-19(10-13-24)21-2-1-3-22-23(21)28-16-27-22/h1-3,17-19,25H,4-16H2. The number of aliphatic hydroxyl groups excluding tert-OH is 1. The quantitative estimate of drug-likeness (QED) is 0.772. The summed E-state index contributed by atoms with van der Waals surface area (Å²) < 4.78 is 11.2. The molecule has 4 rings (SSSR count). The van der Waals surface area contributed by atoms with Crippen molar-refractivity contribution in [1.82, 2.24) is 4.90 Å². The van der Waals surface area contributed by atoms with Gasteiger partial charge in [-0.05, 0) is 75.6 Å². The van der Waals surface area contributed by atoms with Crippen LogP contribution >= 0.6 is 0 Å². The van der Waals surface area contributed by atoms with E-state index >= 15 is 0 Å². The van der Waals surface area contributed by atoms with Crippen molar-refractivity contribution in [2.24, 2.45) is 11.8 Å². The number of carbonyl (C=O) groups excluding carboxylic acids is 1. The van der Waals surface area contributed by atoms with Gasteiger partial charge in [-0.15, -0.1) is 0 Å². The van der Waals surface area contributed by atoms with Crippen LogP contribution in [0.25, 0.3) is 0 Å². The number of hydrogen-bond acceptors (Lipinski definition) is 5. The molecule has 5 heteroatoms. The number of ether oxygens (including phenoxy) is 2. The Kier molecular flexibility index (Phi) is 6.53. The Morgan fingerprint density at radius 3 is 2.54 bits per heavy atom. The fourth-order valence-electron chi connectivity index (χ4n) is 5.22. The molecule has 2 fully saturated rings. The molecule has 1 saturated carbocycles. The zero-order chi connectivity index (χ0) is 19.3. The van der Waals surface area contributed by atoms with Gasteiger partial charge in [0.05, 0.1) is 0 Å². The first kappa shape index (κ1) is 19.7. The number of benzene rings is 1. The van der Waals surface area contributed by atoms with Crippen LogP contribution in [0.15, 0.2) is 18.2 Å². The molecule has 0 bridgehead atoms. The highest BCUT2D eigenvalue weighted by molar-refractivity contribution is 5.79. The minimum absolute atomic E-state index is 0.00680. The van der Waals surface area contributed by atoms with Gasteiger partial charge in [0, 0.05) is 12.0 Å². The molecule has 0 amide bonds. The van der Waals surface area contributed by atoms with Crippen LogP contribution < -0.4 is 9.47 Å². The second kappa shape index (κ2) is 9.27. The van der Waals surface area contributed by atoms with Crippen molar-refractivity contribution >= 4 is 5.78 Å². The van der Waals surface area contributed by atoms with Gasteiger partial charge in [0.15, 0.2) is 17.3 Å². The number of piperidine rings is 1. The van der Waals surface area contributed by atoms with Crippen LogP contribution in [-0.2, 0) is 4.79 Å². The molecule has 0 radical (unpaired) electrons. The Bertz CT molecular complexity index is 661. The molecule has 0 atom stereocenters. The molecule has 0 spiro atoms. The summed E-state index contributed by atoms with van der Waals surface area (Å²) in [4.78, 5) is 14.0. The van der Waals surface area contributed by atoms with E-state index in [-0.39, 0.29) is 12.4 Å². The van der Waals surface area contributed by atoms with Crippen molar-refractivity contribution in [3.63, 3.8) is 0 Å². The Balaban J connectivity index is 1.18. The van der Waals surface area contributed by atoms with E-state index in [1.54, 1.807) is 0 Å². The van der Waals surface area contributed by atoms with Crippen LogP contribution in [0.2, 0.25) is 0 Å². The molecule has 0 aromatic heterocycles. The summed E-state index contributed by atoms with van der Waals surface area (Å²) in [6, 6.07) is 6.28. The zero-order valence-corrected chi connectivity index (χ0v) is 16.8. The number of para-hydroxylation sites is 1. The van der Waals surface area contributed by atoms with Gasteiger partial charge in [-0.3, -0.25) is 4.79 Å². The summed E-state index contributed by atoms with van der Waals surface area (Å²) in [6.45, 7) is 3.58. The van der Waals surface area contributed by atoms with Crippen molar-refractivity contribution < 1.29 is 19.4 Å². The van der Waals surface area contributed by atoms with Gasteiger partial charge in [0.25, 0.3) is 0 Å². The van der Waals surface area contributed by atoms with Gasteiger partial charge in [0.1, 0.15) is 6.61 Å². The average Bonchev–Trinajstić information content (AvgIpc) is 3.22. The van der Waals surface area contributed by atoms with Gasteiger partial charge in [-0.25, -0.2) is 0 Å². The number of fused-ring (bicyclic) bond motifs is 1. The Labute approximate surface area is 168 Å². The molecule has 5 nitrogen and oxygen atoms in total. The summed E-state index contributed by atoms with van der Waals surface area (Å²) in [5, 5.41) is 8.91. The van der Waals surface area contributed by atoms with Crippen molar-refractivity contribution in [3.8, 4) is 11.5 Å². The predicted molar refractivity (Wildman–Crippen MR) is 108 cm³/mol. The van der Waals surface area contributed by atoms with E-state index in [9.17, 15) is 4.79 Å². The molecule has 1 aromatic rings. The molecule has 1 saturated heterocycles. The van der Waals surface area contributed by atoms with E-state index in [4.69, 9.17) is 14.6 Å². The molecule has 2 heterocycles. The van der Waals surface area contributed by atoms with Gasteiger partial charge < -0.3 is 19.5 Å². The third-order valence-electron chi connectivity index (χ3n) is 6.97. The van der Waals surface area contributed by atoms with E-state index in [0.29, 0.717) is 25.0 Å². The summed E-state index contributed by atoms with van der Waals surface area (Å²) in [5.74, 6) is 3.76. The fourth-order valence-corrected chi connectivity index (χ4v) is 5.22. The largest absolute Gasteiger partial charge is 0.454 e. The van der Waals surface area contributed by atoms with Gasteiger partial charge >= 0.3 is 0 Å². The lowest BCUT2D eigenvalue weighted by atomic mass is 9.78. The number of rotatable bonds is 7. The minimum Gasteiger partial charge on any atom is -0.454 e. The van der Waals surface area contributed by atoms with Crippen LogP contribution in [0.4, 0.5) is 0 Å². The SMILES string of the molecule is O=C(CO)CC1CCC(CCN2CCC(c3cccc4c3OCO4)CC2)CC1. The first-order valence-corrected chi connectivity index (χ1v) is 11.0. The number of ketones is 1. The highest BCUT2D eigenvalue weighted by atomic mass is 16.7. The van der Waals surface area contributed by atoms with E-state index in [1.165, 1.54) is 44.2 Å². The zero-order valence-electron chi connectivity index (χ0n) is 16.8. The third kappa shape index (κ3) is 4.69. The molecule has 154 valence electrons. The summed E-state index contributed by atoms with van der Waals surface area (Å²) >= 11 is 0. The number of Topliss-reactive ketones (excluding diaryl/α,β-unsaturated/α-hetero) is 1. The maximum atomic E-state index is 11.4. The Morgan fingerprint density at radius 1 is 1.04 bits per heavy atom. The Hall–Kier alpha value is -1.59. The highest BCUT2D eigenvalue weighted by Gasteiger charge is 2.28. The summed E-state index contributed by atoms with van der Waals surface area (Å²) in [7, 11) is 0. The fraction of sp³-hybridized carbons (Fsp3) is 0.696. The van der Waals surface area contributed by atoms with Crippen LogP contribution in [0, 0.1) is 11.8 Å². The topological polar surface area (TPSA) is 59.0 Å². The lowest BCUT2D eigenvalue weighted by molar-refractivity contribution is -0.122. The molecule has 1 aliphatic carbocycles. The van der Waals surface area contributed by atoms with Crippen LogP contribution in [0.1, 0.15) is 62.8 Å². The minimum atomic E-state index is -0.291. The van der Waals surface area contributed by atoms with Gasteiger partial charge in [-0.2, -0.15) is 0 Å². The smallest absolute Gasteiger partial charge is 0.231 e. The number of hydrogen-bond donors (Lipinski definition) is 1. The predicted octanol–water partition coefficient (Wildman–Crippen LogP) is 3.74. The van der Waals surface area contributed by atoms with Crippen molar-refractivity contribution in [2.45, 2.75) is 57.3 Å². The second-order valence-corrected chi connectivity index (χ2v) is 8.77. The lowest BCUT2D eigenvalue weighted by Gasteiger charge is -2.34. The second-order valence-electron chi connectivity index (χ2n) is 8.77. The molecular formula is C23H33NO4. The first-order chi connectivity index (χ1) is 13.7. The van der Waals surface area contributed by atoms with E-state index < -0.39 is 0 Å². The number of carbonyl (C=O) groups is 1. The van der Waals surface area contributed by atoms with Crippen LogP contribution in [0.5, 0.6) is 11.5 Å². The number of likely N-dealkylation sites (tertiary alicyclic amines) is 1. The summed E-state index contributed by atoms with van der Waals surface area (Å²) in [5.41, 5.74) is 1.32. The normalized spacial score (nSPS) is 25.8. The molecule has 0 unspecified atom stereocenters. The van der Waals surface area contributed by atoms with Crippen molar-refractivity contribution in [3.05, 3.63) is 23.8 Å². The Morgan fingerprint density at radius 2 is 1.79 bits per heavy atom. The molecular weight excluding hydrogens is 354 g/mol. The number of nitrogens with zero attached hydrogens (tertiary/aromatic N) is 1. The molecule has 1 N–H and O–H groups in total. The number of aliphatic hydroxyl groups is 1. The van der Waals surface area contributed by atoms with Gasteiger partial charge in [-0.1, -0.05) is 25.0 Å². The van der Waals surface area contributed by atoms with E-state index in [0.717, 1.165) is 43.3 Å². The lowest BCUT2D eigenvalue weighted by Crippen LogP contribution is -2.34. The average molecular weight is 388 g/mol.